The van der Waals surface area contributed by atoms with Crippen molar-refractivity contribution in [2.45, 2.75) is 33.6 Å². The maximum Gasteiger partial charge on any atom is 0.140 e. The zero-order valence-corrected chi connectivity index (χ0v) is 7.81. The van der Waals surface area contributed by atoms with E-state index in [1.165, 1.54) is 0 Å². The zero-order valence-electron chi connectivity index (χ0n) is 7.81. The van der Waals surface area contributed by atoms with Crippen molar-refractivity contribution in [3.05, 3.63) is 0 Å². The molecule has 2 aliphatic carbocycles. The molecule has 12 heavy (non-hydrogen) atoms. The van der Waals surface area contributed by atoms with Crippen LogP contribution in [0.2, 0.25) is 0 Å². The second-order valence-electron chi connectivity index (χ2n) is 4.88. The first kappa shape index (κ1) is 7.96. The summed E-state index contributed by atoms with van der Waals surface area (Å²) in [6, 6.07) is 0. The van der Waals surface area contributed by atoms with E-state index in [1.807, 2.05) is 20.8 Å². The first-order valence-corrected chi connectivity index (χ1v) is 4.45. The molecule has 0 N–H and O–H groups in total. The molecule has 1 unspecified atom stereocenters. The molecular weight excluding hydrogens is 152 g/mol. The van der Waals surface area contributed by atoms with Gasteiger partial charge in [0.2, 0.25) is 0 Å². The number of fused-ring (bicyclic) bond motifs is 2. The first-order chi connectivity index (χ1) is 5.39. The molecule has 0 aliphatic heterocycles. The molecule has 0 amide bonds. The summed E-state index contributed by atoms with van der Waals surface area (Å²) >= 11 is 0. The van der Waals surface area contributed by atoms with Gasteiger partial charge >= 0.3 is 0 Å². The van der Waals surface area contributed by atoms with Crippen molar-refractivity contribution in [2.24, 2.45) is 16.7 Å². The lowest BCUT2D eigenvalue weighted by Gasteiger charge is -2.31. The summed E-state index contributed by atoms with van der Waals surface area (Å²) < 4.78 is 0. The first-order valence-electron chi connectivity index (χ1n) is 4.45. The Kier molecular flexibility index (Phi) is 1.20. The Balaban J connectivity index is 2.54. The minimum Gasteiger partial charge on any atom is -0.299 e. The zero-order chi connectivity index (χ0) is 9.15. The molecule has 2 rings (SSSR count). The number of carbonyl (C=O) groups excluding carboxylic acids is 2. The van der Waals surface area contributed by atoms with Crippen LogP contribution < -0.4 is 0 Å². The van der Waals surface area contributed by atoms with Gasteiger partial charge < -0.3 is 0 Å². The van der Waals surface area contributed by atoms with Crippen LogP contribution in [0.4, 0.5) is 0 Å². The van der Waals surface area contributed by atoms with Gasteiger partial charge in [-0.2, -0.15) is 0 Å². The predicted octanol–water partition coefficient (Wildman–Crippen LogP) is 1.58. The van der Waals surface area contributed by atoms with Crippen LogP contribution in [0.3, 0.4) is 0 Å². The average molecular weight is 166 g/mol. The van der Waals surface area contributed by atoms with E-state index in [2.05, 4.69) is 0 Å². The largest absolute Gasteiger partial charge is 0.299 e. The van der Waals surface area contributed by atoms with E-state index in [-0.39, 0.29) is 22.5 Å². The van der Waals surface area contributed by atoms with E-state index in [1.54, 1.807) is 0 Å². The smallest absolute Gasteiger partial charge is 0.140 e. The average Bonchev–Trinajstić information content (AvgIpc) is 2.18. The molecule has 0 aromatic heterocycles. The van der Waals surface area contributed by atoms with Crippen LogP contribution >= 0.6 is 0 Å². The van der Waals surface area contributed by atoms with Crippen LogP contribution in [0.15, 0.2) is 0 Å². The maximum atomic E-state index is 11.6. The summed E-state index contributed by atoms with van der Waals surface area (Å²) in [6.45, 7) is 6.04. The van der Waals surface area contributed by atoms with Crippen LogP contribution in [-0.2, 0) is 9.59 Å². The maximum absolute atomic E-state index is 11.6. The lowest BCUT2D eigenvalue weighted by Crippen LogP contribution is -2.32. The van der Waals surface area contributed by atoms with Gasteiger partial charge in [0.05, 0.1) is 0 Å². The van der Waals surface area contributed by atoms with Gasteiger partial charge in [-0.25, -0.2) is 0 Å². The molecule has 0 radical (unpaired) electrons. The summed E-state index contributed by atoms with van der Waals surface area (Å²) in [5, 5.41) is 0. The number of rotatable bonds is 0. The highest BCUT2D eigenvalue weighted by Crippen LogP contribution is 2.61. The van der Waals surface area contributed by atoms with Gasteiger partial charge in [0, 0.05) is 24.2 Å². The normalized spacial score (nSPS) is 44.1. The molecule has 2 nitrogen and oxygen atoms in total. The van der Waals surface area contributed by atoms with Gasteiger partial charge in [-0.1, -0.05) is 20.8 Å². The molecule has 0 aromatic rings. The van der Waals surface area contributed by atoms with Crippen molar-refractivity contribution in [1.29, 1.82) is 0 Å². The van der Waals surface area contributed by atoms with Gasteiger partial charge in [0.15, 0.2) is 0 Å². The monoisotopic (exact) mass is 166 g/mol. The van der Waals surface area contributed by atoms with Crippen molar-refractivity contribution in [3.8, 4) is 0 Å². The van der Waals surface area contributed by atoms with E-state index >= 15 is 0 Å². The minimum atomic E-state index is -0.352. The molecule has 2 fully saturated rings. The van der Waals surface area contributed by atoms with Crippen LogP contribution in [-0.4, -0.2) is 11.6 Å². The van der Waals surface area contributed by atoms with Gasteiger partial charge in [-0.05, 0) is 5.41 Å². The molecule has 0 heterocycles. The second-order valence-corrected chi connectivity index (χ2v) is 4.88. The molecule has 2 heteroatoms. The molecular formula is C10H14O2. The summed E-state index contributed by atoms with van der Waals surface area (Å²) in [7, 11) is 0. The number of ketones is 2. The van der Waals surface area contributed by atoms with E-state index in [9.17, 15) is 9.59 Å². The fraction of sp³-hybridized carbons (Fsp3) is 0.800. The Morgan fingerprint density at radius 3 is 2.08 bits per heavy atom. The highest BCUT2D eigenvalue weighted by Gasteiger charge is 2.65. The number of hydrogen-bond donors (Lipinski definition) is 0. The lowest BCUT2D eigenvalue weighted by molar-refractivity contribution is -0.133. The summed E-state index contributed by atoms with van der Waals surface area (Å²) in [6.07, 6.45) is 0.964. The van der Waals surface area contributed by atoms with Crippen LogP contribution in [0.1, 0.15) is 33.6 Å². The molecule has 2 atom stereocenters. The Morgan fingerprint density at radius 2 is 1.83 bits per heavy atom. The van der Waals surface area contributed by atoms with E-state index in [4.69, 9.17) is 0 Å². The third kappa shape index (κ3) is 0.584. The molecule has 2 saturated carbocycles. The van der Waals surface area contributed by atoms with Gasteiger partial charge in [-0.15, -0.1) is 0 Å². The van der Waals surface area contributed by atoms with Crippen molar-refractivity contribution in [1.82, 2.24) is 0 Å². The van der Waals surface area contributed by atoms with Crippen LogP contribution in [0.25, 0.3) is 0 Å². The van der Waals surface area contributed by atoms with Gasteiger partial charge in [-0.3, -0.25) is 9.59 Å². The minimum absolute atomic E-state index is 0.00926. The third-order valence-corrected chi connectivity index (χ3v) is 4.21. The van der Waals surface area contributed by atoms with Crippen LogP contribution in [0, 0.1) is 16.7 Å². The van der Waals surface area contributed by atoms with Crippen molar-refractivity contribution in [2.75, 3.05) is 0 Å². The Bertz CT molecular complexity index is 278. The number of hydrogen-bond acceptors (Lipinski definition) is 2. The molecule has 66 valence electrons. The van der Waals surface area contributed by atoms with Crippen molar-refractivity contribution in [3.63, 3.8) is 0 Å². The van der Waals surface area contributed by atoms with Crippen LogP contribution in [0.5, 0.6) is 0 Å². The molecule has 0 aromatic carbocycles. The van der Waals surface area contributed by atoms with E-state index in [0.717, 1.165) is 0 Å². The molecule has 2 aliphatic rings. The topological polar surface area (TPSA) is 34.1 Å². The van der Waals surface area contributed by atoms with Crippen molar-refractivity contribution >= 4 is 11.6 Å². The molecule has 0 saturated heterocycles. The SMILES string of the molecule is CC1(C)C2CC(=O)[C@]1(C)CC2=O. The predicted molar refractivity (Wildman–Crippen MR) is 44.6 cm³/mol. The van der Waals surface area contributed by atoms with Gasteiger partial charge in [0.25, 0.3) is 0 Å². The third-order valence-electron chi connectivity index (χ3n) is 4.21. The lowest BCUT2D eigenvalue weighted by atomic mass is 9.70. The second kappa shape index (κ2) is 1.81. The quantitative estimate of drug-likeness (QED) is 0.547. The van der Waals surface area contributed by atoms with Crippen molar-refractivity contribution < 1.29 is 9.59 Å². The fourth-order valence-corrected chi connectivity index (χ4v) is 2.72. The highest BCUT2D eigenvalue weighted by atomic mass is 16.1. The summed E-state index contributed by atoms with van der Waals surface area (Å²) in [4.78, 5) is 23.0. The number of Topliss-reactive ketones (excluding diaryl/α,β-unsaturated/α-hetero) is 2. The van der Waals surface area contributed by atoms with E-state index < -0.39 is 0 Å². The van der Waals surface area contributed by atoms with Gasteiger partial charge in [0.1, 0.15) is 11.6 Å². The summed E-state index contributed by atoms with van der Waals surface area (Å²) in [5.74, 6) is 0.592. The Hall–Kier alpha value is -0.660. The Labute approximate surface area is 72.3 Å². The molecule has 2 bridgehead atoms. The number of carbonyl (C=O) groups is 2. The standard InChI is InChI=1S/C10H14O2/c1-9(2)6-4-8(12)10(9,3)5-7(6)11/h6H,4-5H2,1-3H3/t6?,10-/m0/s1. The fourth-order valence-electron chi connectivity index (χ4n) is 2.72. The molecule has 0 spiro atoms. The Morgan fingerprint density at radius 1 is 1.25 bits per heavy atom. The summed E-state index contributed by atoms with van der Waals surface area (Å²) in [5.41, 5.74) is -0.448. The van der Waals surface area contributed by atoms with E-state index in [0.29, 0.717) is 18.6 Å². The highest BCUT2D eigenvalue weighted by molar-refractivity contribution is 6.04.